The van der Waals surface area contributed by atoms with Gasteiger partial charge in [-0.3, -0.25) is 0 Å². The summed E-state index contributed by atoms with van der Waals surface area (Å²) in [7, 11) is -3.57. The second-order valence-corrected chi connectivity index (χ2v) is 23.6. The molecular weight excluding hydrogens is 534 g/mol. The van der Waals surface area contributed by atoms with Crippen LogP contribution in [0.5, 0.6) is 0 Å². The molecule has 0 aliphatic heterocycles. The molecule has 0 aromatic heterocycles. The number of benzene rings is 3. The Balaban J connectivity index is 2.60. The summed E-state index contributed by atoms with van der Waals surface area (Å²) >= 11 is -4.15. The number of hydrogen-bond acceptors (Lipinski definition) is 3. The number of hydrogen-bond donors (Lipinski definition) is 0. The summed E-state index contributed by atoms with van der Waals surface area (Å²) in [5.41, 5.74) is 0. The molecule has 5 heteroatoms. The Morgan fingerprint density at radius 1 is 0.758 bits per heavy atom. The Hall–Kier alpha value is -1.65. The average Bonchev–Trinajstić information content (AvgIpc) is 2.86. The van der Waals surface area contributed by atoms with Gasteiger partial charge in [0.1, 0.15) is 0 Å². The number of rotatable bonds is 12. The normalized spacial score (nSPS) is 13.9. The molecule has 0 aliphatic rings. The van der Waals surface area contributed by atoms with E-state index in [2.05, 4.69) is 86.3 Å². The van der Waals surface area contributed by atoms with Crippen LogP contribution in [0.3, 0.4) is 0 Å². The van der Waals surface area contributed by atoms with Crippen molar-refractivity contribution in [1.82, 2.24) is 0 Å². The van der Waals surface area contributed by atoms with Crippen LogP contribution in [0.15, 0.2) is 104 Å². The van der Waals surface area contributed by atoms with Gasteiger partial charge in [0.05, 0.1) is 0 Å². The van der Waals surface area contributed by atoms with Gasteiger partial charge >= 0.3 is 204 Å². The fourth-order valence-electron chi connectivity index (χ4n) is 5.31. The van der Waals surface area contributed by atoms with Crippen molar-refractivity contribution in [3.8, 4) is 0 Å². The standard InChI is InChI=1S/C10H20O3P.3C6H5.Sn/c1-5-9-10(6-2)14(11,12-7-3)13-8-4;3*1-2-4-6-5-3-1;/h5H,1,6-9H2,2-4H3;3*1-5H;. The Labute approximate surface area is 203 Å². The minimum atomic E-state index is -4.15. The van der Waals surface area contributed by atoms with E-state index in [1.807, 2.05) is 38.1 Å². The molecule has 0 radical (unpaired) electrons. The van der Waals surface area contributed by atoms with Gasteiger partial charge in [0.2, 0.25) is 0 Å². The van der Waals surface area contributed by atoms with Crippen molar-refractivity contribution in [3.05, 3.63) is 104 Å². The van der Waals surface area contributed by atoms with Crippen LogP contribution in [0.2, 0.25) is 0 Å². The molecule has 0 bridgehead atoms. The topological polar surface area (TPSA) is 35.5 Å². The molecule has 0 spiro atoms. The van der Waals surface area contributed by atoms with E-state index in [0.717, 1.165) is 0 Å². The molecular formula is C28H35O3PSn. The van der Waals surface area contributed by atoms with E-state index >= 15 is 0 Å². The first-order valence-electron chi connectivity index (χ1n) is 11.7. The Morgan fingerprint density at radius 3 is 1.39 bits per heavy atom. The Morgan fingerprint density at radius 2 is 1.12 bits per heavy atom. The molecule has 0 saturated carbocycles. The van der Waals surface area contributed by atoms with E-state index < -0.39 is 29.1 Å². The zero-order valence-corrected chi connectivity index (χ0v) is 23.7. The van der Waals surface area contributed by atoms with Crippen molar-refractivity contribution < 1.29 is 13.6 Å². The Bertz CT molecular complexity index is 950. The second kappa shape index (κ2) is 11.7. The van der Waals surface area contributed by atoms with E-state index in [1.165, 1.54) is 10.7 Å². The second-order valence-electron chi connectivity index (χ2n) is 8.06. The monoisotopic (exact) mass is 570 g/mol. The van der Waals surface area contributed by atoms with Crippen LogP contribution < -0.4 is 10.7 Å². The van der Waals surface area contributed by atoms with Crippen LogP contribution in [0.1, 0.15) is 33.6 Å². The van der Waals surface area contributed by atoms with Crippen LogP contribution in [-0.4, -0.2) is 34.8 Å². The number of allylic oxidation sites excluding steroid dienone is 1. The van der Waals surface area contributed by atoms with Crippen LogP contribution in [0.25, 0.3) is 0 Å². The zero-order valence-electron chi connectivity index (χ0n) is 19.9. The summed E-state index contributed by atoms with van der Waals surface area (Å²) in [6.07, 6.45) is 3.12. The summed E-state index contributed by atoms with van der Waals surface area (Å²) in [6.45, 7) is 10.7. The van der Waals surface area contributed by atoms with Gasteiger partial charge in [0, 0.05) is 0 Å². The van der Waals surface area contributed by atoms with Crippen molar-refractivity contribution in [2.75, 3.05) is 13.2 Å². The van der Waals surface area contributed by atoms with Gasteiger partial charge in [-0.15, -0.1) is 0 Å². The maximum atomic E-state index is 15.0. The van der Waals surface area contributed by atoms with Crippen molar-refractivity contribution >= 4 is 36.7 Å². The molecule has 3 aromatic rings. The van der Waals surface area contributed by atoms with E-state index in [1.54, 1.807) is 0 Å². The average molecular weight is 569 g/mol. The molecule has 33 heavy (non-hydrogen) atoms. The first-order valence-corrected chi connectivity index (χ1v) is 19.0. The van der Waals surface area contributed by atoms with Crippen LogP contribution in [0.4, 0.5) is 0 Å². The van der Waals surface area contributed by atoms with Gasteiger partial charge in [-0.2, -0.15) is 0 Å². The third-order valence-corrected chi connectivity index (χ3v) is 29.7. The van der Waals surface area contributed by atoms with E-state index in [-0.39, 0.29) is 0 Å². The first-order chi connectivity index (χ1) is 16.1. The first kappa shape index (κ1) is 26.0. The molecule has 0 N–H and O–H groups in total. The van der Waals surface area contributed by atoms with Crippen molar-refractivity contribution in [1.29, 1.82) is 0 Å². The van der Waals surface area contributed by atoms with Gasteiger partial charge in [-0.1, -0.05) is 0 Å². The minimum absolute atomic E-state index is 0.330. The summed E-state index contributed by atoms with van der Waals surface area (Å²) in [5.74, 6) is 0. The third kappa shape index (κ3) is 4.53. The molecule has 3 nitrogen and oxygen atoms in total. The quantitative estimate of drug-likeness (QED) is 0.160. The molecule has 174 valence electrons. The molecule has 0 fully saturated rings. The summed E-state index contributed by atoms with van der Waals surface area (Å²) < 4.78 is 30.4. The summed E-state index contributed by atoms with van der Waals surface area (Å²) in [6, 6.07) is 32.0. The predicted molar refractivity (Wildman–Crippen MR) is 143 cm³/mol. The maximum absolute atomic E-state index is 15.0. The SMILES string of the molecule is C=CC[C](CC)(P(=O)(OCC)OCC)[Sn]([c]1ccccc1)([c]1ccccc1)[c]1ccccc1. The van der Waals surface area contributed by atoms with Crippen LogP contribution in [0, 0.1) is 0 Å². The third-order valence-electron chi connectivity index (χ3n) is 6.51. The van der Waals surface area contributed by atoms with Crippen molar-refractivity contribution in [3.63, 3.8) is 0 Å². The molecule has 1 atom stereocenters. The molecule has 0 aliphatic carbocycles. The summed E-state index contributed by atoms with van der Waals surface area (Å²) in [5, 5.41) is 0. The fourth-order valence-corrected chi connectivity index (χ4v) is 31.1. The Kier molecular flexibility index (Phi) is 9.17. The van der Waals surface area contributed by atoms with E-state index in [9.17, 15) is 4.57 Å². The van der Waals surface area contributed by atoms with Crippen LogP contribution >= 0.6 is 7.60 Å². The van der Waals surface area contributed by atoms with E-state index in [4.69, 9.17) is 9.05 Å². The predicted octanol–water partition coefficient (Wildman–Crippen LogP) is 5.69. The molecule has 0 saturated heterocycles. The van der Waals surface area contributed by atoms with Gasteiger partial charge in [-0.25, -0.2) is 0 Å². The summed E-state index contributed by atoms with van der Waals surface area (Å²) in [4.78, 5) is 0. The van der Waals surface area contributed by atoms with Gasteiger partial charge < -0.3 is 0 Å². The van der Waals surface area contributed by atoms with Gasteiger partial charge in [0.15, 0.2) is 0 Å². The molecule has 3 aromatic carbocycles. The molecule has 0 amide bonds. The molecule has 0 heterocycles. The van der Waals surface area contributed by atoms with Gasteiger partial charge in [-0.05, 0) is 0 Å². The van der Waals surface area contributed by atoms with Crippen molar-refractivity contribution in [2.45, 2.75) is 36.8 Å². The van der Waals surface area contributed by atoms with E-state index in [0.29, 0.717) is 26.1 Å². The van der Waals surface area contributed by atoms with Crippen LogP contribution in [-0.2, 0) is 13.6 Å². The van der Waals surface area contributed by atoms with Crippen molar-refractivity contribution in [2.24, 2.45) is 0 Å². The molecule has 3 rings (SSSR count). The fraction of sp³-hybridized carbons (Fsp3) is 0.286. The van der Waals surface area contributed by atoms with Gasteiger partial charge in [0.25, 0.3) is 0 Å². The molecule has 1 unspecified atom stereocenters. The zero-order chi connectivity index (χ0) is 23.8.